The first kappa shape index (κ1) is 31.6. The topological polar surface area (TPSA) is 127 Å². The van der Waals surface area contributed by atoms with Gasteiger partial charge in [-0.3, -0.25) is 20.2 Å². The van der Waals surface area contributed by atoms with Crippen LogP contribution in [0.5, 0.6) is 0 Å². The van der Waals surface area contributed by atoms with Crippen LogP contribution in [0.4, 0.5) is 0 Å². The molecule has 43 heavy (non-hydrogen) atoms. The van der Waals surface area contributed by atoms with Gasteiger partial charge in [-0.15, -0.1) is 0 Å². The fraction of sp³-hybridized carbons (Fsp3) is 0.938. The third-order valence-corrected chi connectivity index (χ3v) is 11.2. The third-order valence-electron chi connectivity index (χ3n) is 11.2. The number of fused-ring (bicyclic) bond motifs is 1. The molecule has 6 rings (SSSR count). The zero-order chi connectivity index (χ0) is 29.8. The molecule has 2 aliphatic carbocycles. The Labute approximate surface area is 257 Å². The summed E-state index contributed by atoms with van der Waals surface area (Å²) in [7, 11) is 0. The van der Waals surface area contributed by atoms with E-state index in [1.165, 1.54) is 6.42 Å². The summed E-state index contributed by atoms with van der Waals surface area (Å²) in [6, 6.07) is 0.378. The quantitative estimate of drug-likeness (QED) is 0.229. The molecule has 2 amide bonds. The van der Waals surface area contributed by atoms with E-state index in [9.17, 15) is 14.7 Å². The molecule has 11 nitrogen and oxygen atoms in total. The number of likely N-dealkylation sites (tertiary alicyclic amines) is 2. The molecule has 4 heterocycles. The standard InChI is InChI=1S/C32H56N6O5/c1-21-28-9-11-37(17-24(28)4-5-29(21)42-19-27-16-33-20-43-27)18-26(39)15-35-31(40)23-6-10-34-30(14-23)36-25-7-12-38(13-8-25)32(41)22-2-3-22/h21-30,33-34,36,39H,2-20H2,1H3,(H,35,40)/t21?,23?,24?,26-,27?,28?,29?,30?/m0/s1. The van der Waals surface area contributed by atoms with Crippen LogP contribution in [0, 0.1) is 29.6 Å². The predicted molar refractivity (Wildman–Crippen MR) is 163 cm³/mol. The Morgan fingerprint density at radius 3 is 2.65 bits per heavy atom. The molecule has 2 saturated carbocycles. The molecule has 4 aliphatic heterocycles. The largest absolute Gasteiger partial charge is 0.390 e. The smallest absolute Gasteiger partial charge is 0.225 e. The van der Waals surface area contributed by atoms with Crippen LogP contribution < -0.4 is 21.3 Å². The van der Waals surface area contributed by atoms with Gasteiger partial charge in [0.25, 0.3) is 0 Å². The van der Waals surface area contributed by atoms with Gasteiger partial charge in [0.1, 0.15) is 0 Å². The van der Waals surface area contributed by atoms with Crippen molar-refractivity contribution in [3.63, 3.8) is 0 Å². The summed E-state index contributed by atoms with van der Waals surface area (Å²) in [5, 5.41) is 24.4. The van der Waals surface area contributed by atoms with Crippen LogP contribution in [0.2, 0.25) is 0 Å². The molecule has 4 saturated heterocycles. The Hall–Kier alpha value is -1.34. The van der Waals surface area contributed by atoms with Gasteiger partial charge < -0.3 is 35.0 Å². The van der Waals surface area contributed by atoms with Crippen molar-refractivity contribution in [3.8, 4) is 0 Å². The maximum Gasteiger partial charge on any atom is 0.225 e. The average molecular weight is 605 g/mol. The summed E-state index contributed by atoms with van der Waals surface area (Å²) < 4.78 is 12.0. The summed E-state index contributed by atoms with van der Waals surface area (Å²) in [5.74, 6) is 2.53. The molecule has 8 atom stereocenters. The van der Waals surface area contributed by atoms with Gasteiger partial charge in [0.05, 0.1) is 37.8 Å². The van der Waals surface area contributed by atoms with Gasteiger partial charge in [0.15, 0.2) is 0 Å². The van der Waals surface area contributed by atoms with Crippen LogP contribution in [0.1, 0.15) is 64.7 Å². The van der Waals surface area contributed by atoms with Crippen molar-refractivity contribution >= 4 is 11.8 Å². The summed E-state index contributed by atoms with van der Waals surface area (Å²) in [6.45, 7) is 9.97. The lowest BCUT2D eigenvalue weighted by Crippen LogP contribution is -2.56. The molecule has 11 heteroatoms. The number of carbonyl (C=O) groups is 2. The number of rotatable bonds is 11. The number of ether oxygens (including phenoxy) is 2. The van der Waals surface area contributed by atoms with E-state index < -0.39 is 6.10 Å². The van der Waals surface area contributed by atoms with Crippen molar-refractivity contribution in [2.45, 2.75) is 95.2 Å². The summed E-state index contributed by atoms with van der Waals surface area (Å²) in [5.41, 5.74) is 0. The van der Waals surface area contributed by atoms with Crippen molar-refractivity contribution in [1.82, 2.24) is 31.1 Å². The van der Waals surface area contributed by atoms with Crippen molar-refractivity contribution < 1.29 is 24.2 Å². The zero-order valence-corrected chi connectivity index (χ0v) is 26.2. The Balaban J connectivity index is 0.862. The van der Waals surface area contributed by atoms with Gasteiger partial charge in [0, 0.05) is 57.1 Å². The highest BCUT2D eigenvalue weighted by atomic mass is 16.5. The van der Waals surface area contributed by atoms with Crippen molar-refractivity contribution in [2.24, 2.45) is 29.6 Å². The Morgan fingerprint density at radius 1 is 1.05 bits per heavy atom. The average Bonchev–Trinajstić information content (AvgIpc) is 3.74. The number of β-amino-alcohol motifs (C(OH)–C–C–N with tert-alkyl or cyclic N) is 1. The summed E-state index contributed by atoms with van der Waals surface area (Å²) in [4.78, 5) is 29.8. The number of nitrogens with zero attached hydrogens (tertiary/aromatic N) is 2. The highest BCUT2D eigenvalue weighted by Crippen LogP contribution is 2.41. The van der Waals surface area contributed by atoms with E-state index in [0.29, 0.717) is 68.2 Å². The number of carbonyl (C=O) groups excluding carboxylic acids is 2. The zero-order valence-electron chi connectivity index (χ0n) is 26.2. The lowest BCUT2D eigenvalue weighted by atomic mass is 9.68. The summed E-state index contributed by atoms with van der Waals surface area (Å²) in [6.07, 6.45) is 9.11. The van der Waals surface area contributed by atoms with Gasteiger partial charge >= 0.3 is 0 Å². The number of aliphatic hydroxyl groups excluding tert-OH is 1. The van der Waals surface area contributed by atoms with E-state index in [0.717, 1.165) is 90.6 Å². The van der Waals surface area contributed by atoms with Crippen molar-refractivity contribution in [3.05, 3.63) is 0 Å². The molecule has 5 N–H and O–H groups in total. The number of piperidine rings is 3. The SMILES string of the molecule is CC1C(OCC2CNCO2)CCC2CN(C[C@@H](O)CNC(=O)C3CCNC(NC4CCN(C(=O)C5CC5)CC4)C3)CCC21. The minimum Gasteiger partial charge on any atom is -0.390 e. The Morgan fingerprint density at radius 2 is 1.88 bits per heavy atom. The molecule has 0 radical (unpaired) electrons. The third kappa shape index (κ3) is 8.48. The highest BCUT2D eigenvalue weighted by Gasteiger charge is 2.41. The second kappa shape index (κ2) is 14.8. The van der Waals surface area contributed by atoms with Gasteiger partial charge in [-0.05, 0) is 88.6 Å². The van der Waals surface area contributed by atoms with E-state index in [1.807, 2.05) is 4.90 Å². The van der Waals surface area contributed by atoms with Crippen LogP contribution in [0.15, 0.2) is 0 Å². The van der Waals surface area contributed by atoms with Crippen LogP contribution >= 0.6 is 0 Å². The molecular weight excluding hydrogens is 548 g/mol. The van der Waals surface area contributed by atoms with E-state index in [4.69, 9.17) is 9.47 Å². The number of amides is 2. The lowest BCUT2D eigenvalue weighted by molar-refractivity contribution is -0.133. The summed E-state index contributed by atoms with van der Waals surface area (Å²) >= 11 is 0. The first-order valence-corrected chi connectivity index (χ1v) is 17.3. The molecule has 6 fully saturated rings. The number of nitrogens with one attached hydrogen (secondary N) is 4. The molecule has 0 spiro atoms. The highest BCUT2D eigenvalue weighted by molar-refractivity contribution is 5.81. The second-order valence-corrected chi connectivity index (χ2v) is 14.3. The molecule has 0 aromatic rings. The van der Waals surface area contributed by atoms with Crippen molar-refractivity contribution in [1.29, 1.82) is 0 Å². The predicted octanol–water partition coefficient (Wildman–Crippen LogP) is 0.479. The molecule has 0 aromatic carbocycles. The monoisotopic (exact) mass is 604 g/mol. The van der Waals surface area contributed by atoms with Gasteiger partial charge in [0.2, 0.25) is 11.8 Å². The van der Waals surface area contributed by atoms with E-state index >= 15 is 0 Å². The molecule has 0 bridgehead atoms. The number of hydrogen-bond acceptors (Lipinski definition) is 9. The fourth-order valence-electron chi connectivity index (χ4n) is 8.38. The first-order chi connectivity index (χ1) is 20.9. The maximum absolute atomic E-state index is 13.1. The molecule has 7 unspecified atom stereocenters. The number of aliphatic hydroxyl groups is 1. The normalized spacial score (nSPS) is 36.7. The van der Waals surface area contributed by atoms with Gasteiger partial charge in [-0.25, -0.2) is 0 Å². The van der Waals surface area contributed by atoms with Gasteiger partial charge in [-0.1, -0.05) is 6.92 Å². The van der Waals surface area contributed by atoms with E-state index in [2.05, 4.69) is 33.1 Å². The van der Waals surface area contributed by atoms with Gasteiger partial charge in [-0.2, -0.15) is 0 Å². The first-order valence-electron chi connectivity index (χ1n) is 17.3. The maximum atomic E-state index is 13.1. The van der Waals surface area contributed by atoms with E-state index in [1.54, 1.807) is 0 Å². The molecule has 244 valence electrons. The van der Waals surface area contributed by atoms with Crippen LogP contribution in [-0.2, 0) is 19.1 Å². The minimum absolute atomic E-state index is 0.0476. The lowest BCUT2D eigenvalue weighted by Gasteiger charge is -2.47. The molecule has 6 aliphatic rings. The Bertz CT molecular complexity index is 924. The van der Waals surface area contributed by atoms with Crippen molar-refractivity contribution in [2.75, 3.05) is 65.7 Å². The molecular formula is C32H56N6O5. The minimum atomic E-state index is -0.559. The number of hydrogen-bond donors (Lipinski definition) is 5. The van der Waals surface area contributed by atoms with E-state index in [-0.39, 0.29) is 24.1 Å². The molecule has 0 aromatic heterocycles. The fourth-order valence-corrected chi connectivity index (χ4v) is 8.38. The van der Waals surface area contributed by atoms with Crippen LogP contribution in [0.3, 0.4) is 0 Å². The second-order valence-electron chi connectivity index (χ2n) is 14.3. The van der Waals surface area contributed by atoms with Crippen LogP contribution in [-0.4, -0.2) is 123 Å². The Kier molecular flexibility index (Phi) is 10.9. The van der Waals surface area contributed by atoms with Crippen LogP contribution in [0.25, 0.3) is 0 Å².